The first-order valence-corrected chi connectivity index (χ1v) is 5.93. The zero-order valence-electron chi connectivity index (χ0n) is 10.3. The maximum Gasteiger partial charge on any atom is 0.271 e. The SMILES string of the molecule is CCNC(COc1ccc([N+](=O)[O-])cc1Cl)C(N)=O. The van der Waals surface area contributed by atoms with Crippen LogP contribution in [0, 0.1) is 10.1 Å². The first-order chi connectivity index (χ1) is 8.95. The molecule has 1 aromatic rings. The lowest BCUT2D eigenvalue weighted by Crippen LogP contribution is -2.45. The van der Waals surface area contributed by atoms with E-state index in [4.69, 9.17) is 22.1 Å². The van der Waals surface area contributed by atoms with E-state index in [1.807, 2.05) is 6.92 Å². The number of nitrogens with one attached hydrogen (secondary N) is 1. The molecule has 1 aromatic carbocycles. The summed E-state index contributed by atoms with van der Waals surface area (Å²) in [7, 11) is 0. The van der Waals surface area contributed by atoms with Gasteiger partial charge in [0, 0.05) is 12.1 Å². The second kappa shape index (κ2) is 6.91. The molecule has 0 aliphatic carbocycles. The minimum absolute atomic E-state index is 0.000699. The Morgan fingerprint density at radius 1 is 1.63 bits per heavy atom. The number of carbonyl (C=O) groups excluding carboxylic acids is 1. The van der Waals surface area contributed by atoms with Crippen molar-refractivity contribution in [1.29, 1.82) is 0 Å². The van der Waals surface area contributed by atoms with Crippen molar-refractivity contribution in [2.45, 2.75) is 13.0 Å². The molecule has 3 N–H and O–H groups in total. The first kappa shape index (κ1) is 15.2. The fraction of sp³-hybridized carbons (Fsp3) is 0.364. The van der Waals surface area contributed by atoms with Gasteiger partial charge in [0.1, 0.15) is 18.4 Å². The molecule has 0 radical (unpaired) electrons. The fourth-order valence-corrected chi connectivity index (χ4v) is 1.61. The standard InChI is InChI=1S/C11H14ClN3O4/c1-2-14-9(11(13)16)6-19-10-4-3-7(15(17)18)5-8(10)12/h3-5,9,14H,2,6H2,1H3,(H2,13,16). The number of likely N-dealkylation sites (N-methyl/N-ethyl adjacent to an activating group) is 1. The number of hydrogen-bond acceptors (Lipinski definition) is 5. The molecule has 19 heavy (non-hydrogen) atoms. The Kier molecular flexibility index (Phi) is 5.53. The van der Waals surface area contributed by atoms with E-state index in [1.165, 1.54) is 18.2 Å². The topological polar surface area (TPSA) is 107 Å². The zero-order valence-corrected chi connectivity index (χ0v) is 11.0. The minimum atomic E-state index is -0.642. The maximum atomic E-state index is 11.1. The molecule has 8 heteroatoms. The number of nitro benzene ring substituents is 1. The zero-order chi connectivity index (χ0) is 14.4. The molecule has 0 spiro atoms. The molecule has 1 rings (SSSR count). The Labute approximate surface area is 114 Å². The van der Waals surface area contributed by atoms with Gasteiger partial charge in [0.15, 0.2) is 0 Å². The third-order valence-electron chi connectivity index (χ3n) is 2.33. The van der Waals surface area contributed by atoms with Crippen LogP contribution >= 0.6 is 11.6 Å². The second-order valence-corrected chi connectivity index (χ2v) is 4.10. The monoisotopic (exact) mass is 287 g/mol. The Balaban J connectivity index is 2.72. The van der Waals surface area contributed by atoms with E-state index in [0.29, 0.717) is 6.54 Å². The summed E-state index contributed by atoms with van der Waals surface area (Å²) in [4.78, 5) is 21.1. The van der Waals surface area contributed by atoms with Gasteiger partial charge in [-0.15, -0.1) is 0 Å². The van der Waals surface area contributed by atoms with Crippen LogP contribution in [0.4, 0.5) is 5.69 Å². The predicted molar refractivity (Wildman–Crippen MR) is 70.3 cm³/mol. The summed E-state index contributed by atoms with van der Waals surface area (Å²) >= 11 is 5.85. The maximum absolute atomic E-state index is 11.1. The predicted octanol–water partition coefficient (Wildman–Crippen LogP) is 1.09. The number of primary amides is 1. The highest BCUT2D eigenvalue weighted by molar-refractivity contribution is 6.32. The lowest BCUT2D eigenvalue weighted by molar-refractivity contribution is -0.384. The van der Waals surface area contributed by atoms with E-state index in [2.05, 4.69) is 5.32 Å². The quantitative estimate of drug-likeness (QED) is 0.576. The molecular weight excluding hydrogens is 274 g/mol. The molecule has 1 atom stereocenters. The summed E-state index contributed by atoms with van der Waals surface area (Å²) in [6, 6.07) is 3.19. The molecule has 1 amide bonds. The number of non-ortho nitro benzene ring substituents is 1. The van der Waals surface area contributed by atoms with E-state index in [0.717, 1.165) is 0 Å². The molecule has 0 aliphatic heterocycles. The third kappa shape index (κ3) is 4.38. The highest BCUT2D eigenvalue weighted by Gasteiger charge is 2.16. The van der Waals surface area contributed by atoms with Crippen molar-refractivity contribution in [2.24, 2.45) is 5.73 Å². The van der Waals surface area contributed by atoms with Crippen molar-refractivity contribution in [3.8, 4) is 5.75 Å². The van der Waals surface area contributed by atoms with Crippen molar-refractivity contribution in [3.05, 3.63) is 33.3 Å². The molecule has 0 heterocycles. The lowest BCUT2D eigenvalue weighted by Gasteiger charge is -2.15. The lowest BCUT2D eigenvalue weighted by atomic mass is 10.3. The van der Waals surface area contributed by atoms with E-state index >= 15 is 0 Å². The summed E-state index contributed by atoms with van der Waals surface area (Å²) in [5.41, 5.74) is 5.06. The summed E-state index contributed by atoms with van der Waals surface area (Å²) in [5, 5.41) is 13.5. The molecule has 0 fully saturated rings. The minimum Gasteiger partial charge on any atom is -0.490 e. The van der Waals surface area contributed by atoms with Gasteiger partial charge >= 0.3 is 0 Å². The summed E-state index contributed by atoms with van der Waals surface area (Å²) < 4.78 is 5.33. The van der Waals surface area contributed by atoms with Gasteiger partial charge < -0.3 is 15.8 Å². The average molecular weight is 288 g/mol. The normalized spacial score (nSPS) is 11.9. The summed E-state index contributed by atoms with van der Waals surface area (Å²) in [6.07, 6.45) is 0. The van der Waals surface area contributed by atoms with Crippen LogP contribution in [-0.4, -0.2) is 30.0 Å². The molecule has 1 unspecified atom stereocenters. The van der Waals surface area contributed by atoms with Crippen LogP contribution in [0.15, 0.2) is 18.2 Å². The van der Waals surface area contributed by atoms with Gasteiger partial charge in [-0.05, 0) is 12.6 Å². The Morgan fingerprint density at radius 3 is 2.79 bits per heavy atom. The van der Waals surface area contributed by atoms with Gasteiger partial charge in [0.05, 0.1) is 9.95 Å². The number of rotatable bonds is 7. The number of carbonyl (C=O) groups is 1. The molecule has 0 saturated carbocycles. The van der Waals surface area contributed by atoms with Gasteiger partial charge in [0.25, 0.3) is 5.69 Å². The molecular formula is C11H14ClN3O4. The van der Waals surface area contributed by atoms with E-state index in [1.54, 1.807) is 0 Å². The van der Waals surface area contributed by atoms with Crippen LogP contribution < -0.4 is 15.8 Å². The van der Waals surface area contributed by atoms with Gasteiger partial charge in [-0.1, -0.05) is 18.5 Å². The number of benzene rings is 1. The molecule has 7 nitrogen and oxygen atoms in total. The second-order valence-electron chi connectivity index (χ2n) is 3.70. The number of nitrogens with two attached hydrogens (primary N) is 1. The van der Waals surface area contributed by atoms with Crippen LogP contribution in [-0.2, 0) is 4.79 Å². The Morgan fingerprint density at radius 2 is 2.32 bits per heavy atom. The van der Waals surface area contributed by atoms with Crippen molar-refractivity contribution < 1.29 is 14.5 Å². The first-order valence-electron chi connectivity index (χ1n) is 5.55. The summed E-state index contributed by atoms with van der Waals surface area (Å²) in [6.45, 7) is 2.39. The van der Waals surface area contributed by atoms with Crippen molar-refractivity contribution in [1.82, 2.24) is 5.32 Å². The Hall–Kier alpha value is -1.86. The van der Waals surface area contributed by atoms with Gasteiger partial charge in [0.2, 0.25) is 5.91 Å². The number of hydrogen-bond donors (Lipinski definition) is 2. The van der Waals surface area contributed by atoms with Crippen LogP contribution in [0.2, 0.25) is 5.02 Å². The molecule has 0 saturated heterocycles. The molecule has 104 valence electrons. The number of nitro groups is 1. The van der Waals surface area contributed by atoms with E-state index in [9.17, 15) is 14.9 Å². The van der Waals surface area contributed by atoms with Crippen LogP contribution in [0.3, 0.4) is 0 Å². The Bertz CT molecular complexity index is 481. The smallest absolute Gasteiger partial charge is 0.271 e. The number of halogens is 1. The van der Waals surface area contributed by atoms with Crippen LogP contribution in [0.5, 0.6) is 5.75 Å². The molecule has 0 bridgehead atoms. The number of nitrogens with zero attached hydrogens (tertiary/aromatic N) is 1. The van der Waals surface area contributed by atoms with Gasteiger partial charge in [-0.25, -0.2) is 0 Å². The fourth-order valence-electron chi connectivity index (χ4n) is 1.38. The van der Waals surface area contributed by atoms with Crippen LogP contribution in [0.25, 0.3) is 0 Å². The highest BCUT2D eigenvalue weighted by atomic mass is 35.5. The van der Waals surface area contributed by atoms with Gasteiger partial charge in [-0.2, -0.15) is 0 Å². The highest BCUT2D eigenvalue weighted by Crippen LogP contribution is 2.28. The molecule has 0 aromatic heterocycles. The number of amides is 1. The van der Waals surface area contributed by atoms with Crippen molar-refractivity contribution in [3.63, 3.8) is 0 Å². The third-order valence-corrected chi connectivity index (χ3v) is 2.62. The summed E-state index contributed by atoms with van der Waals surface area (Å²) in [5.74, 6) is -0.281. The van der Waals surface area contributed by atoms with E-state index < -0.39 is 16.9 Å². The average Bonchev–Trinajstić information content (AvgIpc) is 2.35. The molecule has 0 aliphatic rings. The van der Waals surface area contributed by atoms with Crippen molar-refractivity contribution >= 4 is 23.2 Å². The number of ether oxygens (including phenoxy) is 1. The van der Waals surface area contributed by atoms with Crippen molar-refractivity contribution in [2.75, 3.05) is 13.2 Å². The van der Waals surface area contributed by atoms with E-state index in [-0.39, 0.29) is 23.1 Å². The van der Waals surface area contributed by atoms with Gasteiger partial charge in [-0.3, -0.25) is 14.9 Å². The van der Waals surface area contributed by atoms with Crippen LogP contribution in [0.1, 0.15) is 6.92 Å². The largest absolute Gasteiger partial charge is 0.490 e.